The maximum atomic E-state index is 12.7. The zero-order chi connectivity index (χ0) is 18.9. The average Bonchev–Trinajstić information content (AvgIpc) is 2.76. The molecule has 2 aromatic rings. The Hall–Kier alpha value is -0.990. The summed E-state index contributed by atoms with van der Waals surface area (Å²) in [5, 5.41) is 11.4. The number of benzene rings is 1. The van der Waals surface area contributed by atoms with E-state index in [1.807, 2.05) is 55.7 Å². The van der Waals surface area contributed by atoms with Gasteiger partial charge in [-0.1, -0.05) is 0 Å². The molecule has 0 atom stereocenters. The molecule has 6 nitrogen and oxygen atoms in total. The fraction of sp³-hybridized carbons (Fsp3) is 0.500. The van der Waals surface area contributed by atoms with Gasteiger partial charge in [-0.3, -0.25) is 0 Å². The minimum absolute atomic E-state index is 0. The zero-order valence-corrected chi connectivity index (χ0v) is 19.7. The summed E-state index contributed by atoms with van der Waals surface area (Å²) in [6.07, 6.45) is 0. The molecule has 1 N–H and O–H groups in total. The number of rotatable bonds is 6. The maximum absolute atomic E-state index is 12.7. The number of fused-ring (bicyclic) bond motifs is 1. The van der Waals surface area contributed by atoms with Crippen molar-refractivity contribution in [2.45, 2.75) is 20.0 Å². The van der Waals surface area contributed by atoms with E-state index in [1.54, 1.807) is 6.92 Å². The van der Waals surface area contributed by atoms with Crippen LogP contribution in [-0.4, -0.2) is 60.2 Å². The van der Waals surface area contributed by atoms with Crippen molar-refractivity contribution in [1.29, 1.82) is 0 Å². The Morgan fingerprint density at radius 1 is 1.19 bits per heavy atom. The second-order valence-electron chi connectivity index (χ2n) is 6.66. The van der Waals surface area contributed by atoms with Gasteiger partial charge in [0, 0.05) is 36.8 Å². The largest absolute Gasteiger partial charge is 0.506 e. The number of hydrogen-bond donors (Lipinski definition) is 1. The summed E-state index contributed by atoms with van der Waals surface area (Å²) in [6.45, 7) is 3.21. The van der Waals surface area contributed by atoms with Gasteiger partial charge in [-0.15, -0.1) is 24.8 Å². The van der Waals surface area contributed by atoms with Crippen LogP contribution in [0.4, 0.5) is 0 Å². The predicted octanol–water partition coefficient (Wildman–Crippen LogP) is 3.79. The molecule has 0 aliphatic heterocycles. The molecule has 1 aromatic heterocycles. The third-order valence-corrected chi connectivity index (χ3v) is 4.66. The van der Waals surface area contributed by atoms with E-state index in [0.717, 1.165) is 22.2 Å². The fourth-order valence-corrected chi connectivity index (χ4v) is 3.51. The number of esters is 1. The lowest BCUT2D eigenvalue weighted by atomic mass is 10.0. The molecule has 0 fully saturated rings. The zero-order valence-electron chi connectivity index (χ0n) is 16.5. The van der Waals surface area contributed by atoms with Gasteiger partial charge in [-0.05, 0) is 57.1 Å². The molecule has 0 bridgehead atoms. The Morgan fingerprint density at radius 3 is 2.22 bits per heavy atom. The number of carbonyl (C=O) groups excluding carboxylic acids is 1. The van der Waals surface area contributed by atoms with Gasteiger partial charge in [0.15, 0.2) is 0 Å². The number of carbonyl (C=O) groups is 1. The Labute approximate surface area is 181 Å². The lowest BCUT2D eigenvalue weighted by Gasteiger charge is -2.15. The van der Waals surface area contributed by atoms with E-state index < -0.39 is 0 Å². The van der Waals surface area contributed by atoms with Crippen molar-refractivity contribution in [3.63, 3.8) is 0 Å². The van der Waals surface area contributed by atoms with Crippen molar-refractivity contribution in [1.82, 2.24) is 14.4 Å². The molecule has 1 aromatic carbocycles. The standard InChI is InChI=1S/C18H26BrN3O3.2ClH/c1-7-25-18(24)16-14(10-21(4)5)22(6)13-8-12(19)17(23)11(15(13)16)9-20(2)3;;/h8,23H,7,9-10H2,1-6H3;2*1H. The summed E-state index contributed by atoms with van der Waals surface area (Å²) in [6, 6.07) is 1.85. The molecule has 2 rings (SSSR count). The first-order valence-corrected chi connectivity index (χ1v) is 8.96. The number of aryl methyl sites for hydroxylation is 1. The van der Waals surface area contributed by atoms with Gasteiger partial charge in [0.2, 0.25) is 0 Å². The minimum Gasteiger partial charge on any atom is -0.506 e. The number of hydrogen-bond acceptors (Lipinski definition) is 5. The molecule has 0 saturated carbocycles. The molecule has 27 heavy (non-hydrogen) atoms. The summed E-state index contributed by atoms with van der Waals surface area (Å²) in [5.41, 5.74) is 3.02. The van der Waals surface area contributed by atoms with Gasteiger partial charge < -0.3 is 24.2 Å². The van der Waals surface area contributed by atoms with Gasteiger partial charge >= 0.3 is 5.97 Å². The highest BCUT2D eigenvalue weighted by molar-refractivity contribution is 9.10. The number of halogens is 3. The Balaban J connectivity index is 0.00000338. The smallest absolute Gasteiger partial charge is 0.340 e. The van der Waals surface area contributed by atoms with Crippen molar-refractivity contribution in [2.75, 3.05) is 34.8 Å². The van der Waals surface area contributed by atoms with Crippen LogP contribution in [0.5, 0.6) is 5.75 Å². The van der Waals surface area contributed by atoms with E-state index in [-0.39, 0.29) is 36.5 Å². The predicted molar refractivity (Wildman–Crippen MR) is 118 cm³/mol. The Kier molecular flexibility index (Phi) is 10.1. The first kappa shape index (κ1) is 26.0. The second kappa shape index (κ2) is 10.5. The third kappa shape index (κ3) is 5.29. The molecule has 1 heterocycles. The Morgan fingerprint density at radius 2 is 1.74 bits per heavy atom. The number of aromatic nitrogens is 1. The van der Waals surface area contributed by atoms with Crippen molar-refractivity contribution in [2.24, 2.45) is 7.05 Å². The topological polar surface area (TPSA) is 57.9 Å². The molecule has 0 saturated heterocycles. The maximum Gasteiger partial charge on any atom is 0.340 e. The highest BCUT2D eigenvalue weighted by atomic mass is 79.9. The molecule has 0 aliphatic rings. The van der Waals surface area contributed by atoms with Crippen LogP contribution in [0.3, 0.4) is 0 Å². The van der Waals surface area contributed by atoms with Crippen LogP contribution in [0.25, 0.3) is 10.9 Å². The monoisotopic (exact) mass is 483 g/mol. The molecular weight excluding hydrogens is 457 g/mol. The molecular formula is C18H28BrCl2N3O3. The van der Waals surface area contributed by atoms with E-state index in [9.17, 15) is 9.90 Å². The van der Waals surface area contributed by atoms with Crippen molar-refractivity contribution in [3.05, 3.63) is 27.4 Å². The molecule has 0 spiro atoms. The number of nitrogens with zero attached hydrogens (tertiary/aromatic N) is 3. The Bertz CT molecular complexity index is 807. The van der Waals surface area contributed by atoms with Crippen LogP contribution in [-0.2, 0) is 24.9 Å². The average molecular weight is 485 g/mol. The molecule has 154 valence electrons. The first-order valence-electron chi connectivity index (χ1n) is 8.17. The van der Waals surface area contributed by atoms with Crippen molar-refractivity contribution >= 4 is 57.6 Å². The van der Waals surface area contributed by atoms with E-state index in [1.165, 1.54) is 0 Å². The highest BCUT2D eigenvalue weighted by Gasteiger charge is 2.27. The molecule has 9 heteroatoms. The van der Waals surface area contributed by atoms with Crippen LogP contribution < -0.4 is 0 Å². The van der Waals surface area contributed by atoms with Gasteiger partial charge in [-0.25, -0.2) is 4.79 Å². The van der Waals surface area contributed by atoms with Gasteiger partial charge in [0.25, 0.3) is 0 Å². The molecule has 0 amide bonds. The normalized spacial score (nSPS) is 10.9. The summed E-state index contributed by atoms with van der Waals surface area (Å²) in [5.74, 6) is -0.194. The lowest BCUT2D eigenvalue weighted by Crippen LogP contribution is -2.17. The number of phenolic OH excluding ortho intramolecular Hbond substituents is 1. The highest BCUT2D eigenvalue weighted by Crippen LogP contribution is 2.39. The summed E-state index contributed by atoms with van der Waals surface area (Å²) >= 11 is 3.44. The number of ether oxygens (including phenoxy) is 1. The quantitative estimate of drug-likeness (QED) is 0.632. The van der Waals surface area contributed by atoms with Crippen LogP contribution in [0.15, 0.2) is 10.5 Å². The SMILES string of the molecule is CCOC(=O)c1c(CN(C)C)n(C)c2cc(Br)c(O)c(CN(C)C)c12.Cl.Cl. The van der Waals surface area contributed by atoms with Crippen LogP contribution in [0.1, 0.15) is 28.5 Å². The summed E-state index contributed by atoms with van der Waals surface area (Å²) in [4.78, 5) is 16.7. The van der Waals surface area contributed by atoms with Gasteiger partial charge in [-0.2, -0.15) is 0 Å². The van der Waals surface area contributed by atoms with E-state index >= 15 is 0 Å². The number of aromatic hydroxyl groups is 1. The second-order valence-corrected chi connectivity index (χ2v) is 7.51. The fourth-order valence-electron chi connectivity index (χ4n) is 3.06. The van der Waals surface area contributed by atoms with E-state index in [4.69, 9.17) is 4.74 Å². The van der Waals surface area contributed by atoms with Crippen molar-refractivity contribution < 1.29 is 14.6 Å². The summed E-state index contributed by atoms with van der Waals surface area (Å²) < 4.78 is 7.94. The van der Waals surface area contributed by atoms with Crippen LogP contribution >= 0.6 is 40.7 Å². The molecule has 0 aliphatic carbocycles. The third-order valence-electron chi connectivity index (χ3n) is 4.06. The van der Waals surface area contributed by atoms with E-state index in [2.05, 4.69) is 15.9 Å². The number of phenols is 1. The van der Waals surface area contributed by atoms with E-state index in [0.29, 0.717) is 29.7 Å². The van der Waals surface area contributed by atoms with Crippen LogP contribution in [0, 0.1) is 0 Å². The molecule has 0 radical (unpaired) electrons. The first-order chi connectivity index (χ1) is 11.7. The van der Waals surface area contributed by atoms with Gasteiger partial charge in [0.1, 0.15) is 5.75 Å². The van der Waals surface area contributed by atoms with Gasteiger partial charge in [0.05, 0.1) is 22.2 Å². The van der Waals surface area contributed by atoms with Crippen molar-refractivity contribution in [3.8, 4) is 5.75 Å². The lowest BCUT2D eigenvalue weighted by molar-refractivity contribution is 0.0526. The minimum atomic E-state index is -0.355. The summed E-state index contributed by atoms with van der Waals surface area (Å²) in [7, 11) is 9.72. The van der Waals surface area contributed by atoms with Crippen LogP contribution in [0.2, 0.25) is 0 Å². The molecule has 0 unspecified atom stereocenters.